The lowest BCUT2D eigenvalue weighted by Gasteiger charge is -2.10. The van der Waals surface area contributed by atoms with E-state index < -0.39 is 0 Å². The van der Waals surface area contributed by atoms with E-state index in [2.05, 4.69) is 41.2 Å². The minimum atomic E-state index is 0.839. The highest BCUT2D eigenvalue weighted by atomic mass is 14.9. The van der Waals surface area contributed by atoms with Crippen molar-refractivity contribution in [3.8, 4) is 11.1 Å². The van der Waals surface area contributed by atoms with Gasteiger partial charge in [0.15, 0.2) is 0 Å². The van der Waals surface area contributed by atoms with Crippen LogP contribution in [-0.4, -0.2) is 9.97 Å². The molecule has 0 N–H and O–H groups in total. The Balaban J connectivity index is 2.64. The first-order valence-corrected chi connectivity index (χ1v) is 5.47. The fourth-order valence-electron chi connectivity index (χ4n) is 2.10. The largest absolute Gasteiger partial charge is 0.238 e. The van der Waals surface area contributed by atoms with Crippen molar-refractivity contribution < 1.29 is 0 Å². The van der Waals surface area contributed by atoms with Crippen molar-refractivity contribution in [3.05, 3.63) is 47.0 Å². The lowest BCUT2D eigenvalue weighted by molar-refractivity contribution is 0.980. The number of rotatable bonds is 1. The Labute approximate surface area is 96.4 Å². The second-order valence-corrected chi connectivity index (χ2v) is 4.19. The molecule has 1 heterocycles. The van der Waals surface area contributed by atoms with Gasteiger partial charge in [0, 0.05) is 17.0 Å². The number of aromatic nitrogens is 2. The van der Waals surface area contributed by atoms with Gasteiger partial charge in [-0.15, -0.1) is 0 Å². The van der Waals surface area contributed by atoms with Crippen molar-refractivity contribution in [1.82, 2.24) is 9.97 Å². The number of benzene rings is 1. The minimum absolute atomic E-state index is 0.839. The van der Waals surface area contributed by atoms with Gasteiger partial charge in [-0.2, -0.15) is 0 Å². The Morgan fingerprint density at radius 2 is 1.50 bits per heavy atom. The van der Waals surface area contributed by atoms with E-state index in [4.69, 9.17) is 0 Å². The first-order valence-electron chi connectivity index (χ1n) is 5.47. The third-order valence-corrected chi connectivity index (χ3v) is 2.69. The van der Waals surface area contributed by atoms with Crippen LogP contribution in [0.15, 0.2) is 24.3 Å². The zero-order chi connectivity index (χ0) is 11.7. The topological polar surface area (TPSA) is 25.8 Å². The quantitative estimate of drug-likeness (QED) is 0.724. The summed E-state index contributed by atoms with van der Waals surface area (Å²) in [7, 11) is 0. The van der Waals surface area contributed by atoms with Crippen molar-refractivity contribution in [2.45, 2.75) is 27.7 Å². The summed E-state index contributed by atoms with van der Waals surface area (Å²) >= 11 is 0. The second kappa shape index (κ2) is 4.05. The molecular weight excluding hydrogens is 196 g/mol. The molecule has 2 aromatic rings. The van der Waals surface area contributed by atoms with Crippen LogP contribution in [0.5, 0.6) is 0 Å². The van der Waals surface area contributed by atoms with Gasteiger partial charge in [-0.25, -0.2) is 9.97 Å². The maximum atomic E-state index is 4.43. The van der Waals surface area contributed by atoms with Crippen LogP contribution >= 0.6 is 0 Å². The van der Waals surface area contributed by atoms with E-state index in [-0.39, 0.29) is 0 Å². The molecule has 82 valence electrons. The van der Waals surface area contributed by atoms with Crippen molar-refractivity contribution in [2.24, 2.45) is 0 Å². The van der Waals surface area contributed by atoms with Gasteiger partial charge in [0.25, 0.3) is 0 Å². The summed E-state index contributed by atoms with van der Waals surface area (Å²) in [6.45, 7) is 8.11. The van der Waals surface area contributed by atoms with E-state index in [1.54, 1.807) is 0 Å². The summed E-state index contributed by atoms with van der Waals surface area (Å²) in [4.78, 5) is 8.86. The van der Waals surface area contributed by atoms with E-state index in [1.807, 2.05) is 20.8 Å². The fourth-order valence-corrected chi connectivity index (χ4v) is 2.10. The molecule has 0 unspecified atom stereocenters. The van der Waals surface area contributed by atoms with E-state index in [9.17, 15) is 0 Å². The zero-order valence-electron chi connectivity index (χ0n) is 10.2. The molecular formula is C14H16N2. The summed E-state index contributed by atoms with van der Waals surface area (Å²) in [5.41, 5.74) is 5.73. The highest BCUT2D eigenvalue weighted by Crippen LogP contribution is 2.25. The van der Waals surface area contributed by atoms with Gasteiger partial charge in [0.2, 0.25) is 0 Å². The standard InChI is InChI=1S/C14H16N2/c1-9-6-5-7-13(8-9)14-10(2)15-12(4)16-11(14)3/h5-8H,1-4H3. The smallest absolute Gasteiger partial charge is 0.125 e. The van der Waals surface area contributed by atoms with Crippen LogP contribution in [0.3, 0.4) is 0 Å². The third kappa shape index (κ3) is 1.96. The molecule has 2 heteroatoms. The van der Waals surface area contributed by atoms with E-state index >= 15 is 0 Å². The summed E-state index contributed by atoms with van der Waals surface area (Å²) in [6.07, 6.45) is 0. The molecule has 16 heavy (non-hydrogen) atoms. The lowest BCUT2D eigenvalue weighted by atomic mass is 10.0. The van der Waals surface area contributed by atoms with Crippen molar-refractivity contribution in [2.75, 3.05) is 0 Å². The van der Waals surface area contributed by atoms with Gasteiger partial charge in [-0.3, -0.25) is 0 Å². The molecule has 2 nitrogen and oxygen atoms in total. The van der Waals surface area contributed by atoms with Crippen LogP contribution in [0.1, 0.15) is 22.8 Å². The van der Waals surface area contributed by atoms with E-state index in [0.29, 0.717) is 0 Å². The number of aryl methyl sites for hydroxylation is 4. The molecule has 0 saturated carbocycles. The molecule has 1 aromatic heterocycles. The summed E-state index contributed by atoms with van der Waals surface area (Å²) in [5, 5.41) is 0. The predicted molar refractivity (Wildman–Crippen MR) is 66.4 cm³/mol. The van der Waals surface area contributed by atoms with Gasteiger partial charge in [0.1, 0.15) is 5.82 Å². The van der Waals surface area contributed by atoms with Crippen molar-refractivity contribution in [3.63, 3.8) is 0 Å². The molecule has 0 aliphatic heterocycles. The molecule has 0 aliphatic carbocycles. The average molecular weight is 212 g/mol. The average Bonchev–Trinajstić information content (AvgIpc) is 2.15. The maximum absolute atomic E-state index is 4.43. The number of nitrogens with zero attached hydrogens (tertiary/aromatic N) is 2. The normalized spacial score (nSPS) is 10.5. The molecule has 0 bridgehead atoms. The highest BCUT2D eigenvalue weighted by Gasteiger charge is 2.08. The first kappa shape index (κ1) is 10.8. The fraction of sp³-hybridized carbons (Fsp3) is 0.286. The minimum Gasteiger partial charge on any atom is -0.238 e. The molecule has 0 radical (unpaired) electrons. The number of hydrogen-bond donors (Lipinski definition) is 0. The summed E-state index contributed by atoms with van der Waals surface area (Å²) in [6, 6.07) is 8.46. The highest BCUT2D eigenvalue weighted by molar-refractivity contribution is 5.68. The SMILES string of the molecule is Cc1cccc(-c2c(C)nc(C)nc2C)c1. The Morgan fingerprint density at radius 3 is 2.06 bits per heavy atom. The van der Waals surface area contributed by atoms with E-state index in [0.717, 1.165) is 22.8 Å². The van der Waals surface area contributed by atoms with Gasteiger partial charge >= 0.3 is 0 Å². The van der Waals surface area contributed by atoms with Gasteiger partial charge in [0.05, 0.1) is 0 Å². The second-order valence-electron chi connectivity index (χ2n) is 4.19. The zero-order valence-corrected chi connectivity index (χ0v) is 10.2. The molecule has 0 saturated heterocycles. The van der Waals surface area contributed by atoms with Crippen LogP contribution < -0.4 is 0 Å². The molecule has 2 rings (SSSR count). The van der Waals surface area contributed by atoms with Crippen molar-refractivity contribution >= 4 is 0 Å². The van der Waals surface area contributed by atoms with Gasteiger partial charge in [-0.05, 0) is 33.3 Å². The molecule has 1 aromatic carbocycles. The van der Waals surface area contributed by atoms with Crippen LogP contribution in [0.4, 0.5) is 0 Å². The lowest BCUT2D eigenvalue weighted by Crippen LogP contribution is -1.99. The van der Waals surface area contributed by atoms with Gasteiger partial charge in [-0.1, -0.05) is 29.8 Å². The Morgan fingerprint density at radius 1 is 0.875 bits per heavy atom. The Hall–Kier alpha value is -1.70. The third-order valence-electron chi connectivity index (χ3n) is 2.69. The molecule has 0 amide bonds. The maximum Gasteiger partial charge on any atom is 0.125 e. The predicted octanol–water partition coefficient (Wildman–Crippen LogP) is 3.38. The summed E-state index contributed by atoms with van der Waals surface area (Å²) in [5.74, 6) is 0.839. The Bertz CT molecular complexity index is 507. The van der Waals surface area contributed by atoms with Crippen molar-refractivity contribution in [1.29, 1.82) is 0 Å². The summed E-state index contributed by atoms with van der Waals surface area (Å²) < 4.78 is 0. The van der Waals surface area contributed by atoms with E-state index in [1.165, 1.54) is 11.1 Å². The Kier molecular flexibility index (Phi) is 2.73. The van der Waals surface area contributed by atoms with Crippen LogP contribution in [0.2, 0.25) is 0 Å². The van der Waals surface area contributed by atoms with Crippen LogP contribution in [0, 0.1) is 27.7 Å². The molecule has 0 aliphatic rings. The molecule has 0 fully saturated rings. The van der Waals surface area contributed by atoms with Gasteiger partial charge < -0.3 is 0 Å². The van der Waals surface area contributed by atoms with Crippen LogP contribution in [0.25, 0.3) is 11.1 Å². The number of hydrogen-bond acceptors (Lipinski definition) is 2. The first-order chi connectivity index (χ1) is 7.58. The molecule has 0 spiro atoms. The monoisotopic (exact) mass is 212 g/mol. The molecule has 0 atom stereocenters. The van der Waals surface area contributed by atoms with Crippen LogP contribution in [-0.2, 0) is 0 Å².